The molecule has 0 fully saturated rings. The Morgan fingerprint density at radius 1 is 1.18 bits per heavy atom. The summed E-state index contributed by atoms with van der Waals surface area (Å²) in [5.41, 5.74) is -0.561. The third kappa shape index (κ3) is 6.05. The van der Waals surface area contributed by atoms with Crippen molar-refractivity contribution in [3.8, 4) is 0 Å². The van der Waals surface area contributed by atoms with E-state index in [0.29, 0.717) is 24.4 Å². The second kappa shape index (κ2) is 10.6. The van der Waals surface area contributed by atoms with Crippen LogP contribution in [0, 0.1) is 0 Å². The molecule has 0 saturated heterocycles. The number of aliphatic carboxylic acids is 1. The summed E-state index contributed by atoms with van der Waals surface area (Å²) in [6, 6.07) is 8.14. The van der Waals surface area contributed by atoms with Gasteiger partial charge in [0, 0.05) is 30.4 Å². The van der Waals surface area contributed by atoms with Crippen LogP contribution in [0.1, 0.15) is 65.0 Å². The summed E-state index contributed by atoms with van der Waals surface area (Å²) < 4.78 is 7.34. The Morgan fingerprint density at radius 3 is 2.50 bits per heavy atom. The molecule has 0 bridgehead atoms. The zero-order chi connectivity index (χ0) is 27.7. The van der Waals surface area contributed by atoms with Crippen molar-refractivity contribution in [3.05, 3.63) is 75.5 Å². The van der Waals surface area contributed by atoms with Gasteiger partial charge in [0.25, 0.3) is 5.91 Å². The molecule has 1 aromatic carbocycles. The second-order valence-electron chi connectivity index (χ2n) is 10.4. The molecule has 2 unspecified atom stereocenters. The van der Waals surface area contributed by atoms with Gasteiger partial charge in [0.1, 0.15) is 5.60 Å². The lowest BCUT2D eigenvalue weighted by Crippen LogP contribution is -2.39. The zero-order valence-electron chi connectivity index (χ0n) is 21.8. The molecule has 202 valence electrons. The number of carbonyl (C=O) groups excluding carboxylic acids is 2. The van der Waals surface area contributed by atoms with Crippen molar-refractivity contribution >= 4 is 29.3 Å². The zero-order valence-corrected chi connectivity index (χ0v) is 22.6. The van der Waals surface area contributed by atoms with Gasteiger partial charge in [-0.2, -0.15) is 0 Å². The Hall–Kier alpha value is -3.70. The average Bonchev–Trinajstić information content (AvgIpc) is 3.53. The molecule has 0 saturated carbocycles. The van der Waals surface area contributed by atoms with Crippen molar-refractivity contribution in [3.63, 3.8) is 0 Å². The summed E-state index contributed by atoms with van der Waals surface area (Å²) >= 11 is 1.43. The molecule has 10 nitrogen and oxygen atoms in total. The lowest BCUT2D eigenvalue weighted by atomic mass is 9.94. The SMILES string of the molecule is CC(C)(C)OC(=O)N1CCc2sc(C(=O)NCC(c3ccc(C(C)(O)C(=O)O)cc3)n3ccnc3)cc2C1. The molecule has 0 aliphatic carbocycles. The smallest absolute Gasteiger partial charge is 0.410 e. The van der Waals surface area contributed by atoms with Gasteiger partial charge in [-0.1, -0.05) is 24.3 Å². The van der Waals surface area contributed by atoms with Gasteiger partial charge >= 0.3 is 12.1 Å². The Kier molecular flexibility index (Phi) is 7.61. The number of aromatic nitrogens is 2. The molecule has 4 rings (SSSR count). The van der Waals surface area contributed by atoms with Crippen molar-refractivity contribution in [1.82, 2.24) is 19.8 Å². The van der Waals surface area contributed by atoms with Crippen molar-refractivity contribution < 1.29 is 29.3 Å². The van der Waals surface area contributed by atoms with Gasteiger partial charge in [-0.3, -0.25) is 4.79 Å². The van der Waals surface area contributed by atoms with Crippen LogP contribution in [0.25, 0.3) is 0 Å². The van der Waals surface area contributed by atoms with Gasteiger partial charge in [-0.05, 0) is 56.9 Å². The highest BCUT2D eigenvalue weighted by molar-refractivity contribution is 7.14. The van der Waals surface area contributed by atoms with Gasteiger partial charge in [-0.15, -0.1) is 11.3 Å². The fourth-order valence-corrected chi connectivity index (χ4v) is 5.29. The quantitative estimate of drug-likeness (QED) is 0.417. The maximum absolute atomic E-state index is 13.1. The normalized spacial score (nSPS) is 15.8. The highest BCUT2D eigenvalue weighted by Crippen LogP contribution is 2.29. The van der Waals surface area contributed by atoms with E-state index in [2.05, 4.69) is 10.3 Å². The number of carboxylic acids is 1. The number of aliphatic hydroxyl groups is 1. The van der Waals surface area contributed by atoms with E-state index in [1.54, 1.807) is 47.9 Å². The monoisotopic (exact) mass is 540 g/mol. The van der Waals surface area contributed by atoms with Crippen molar-refractivity contribution in [1.29, 1.82) is 0 Å². The minimum atomic E-state index is -2.01. The number of benzene rings is 1. The molecule has 2 amide bonds. The topological polar surface area (TPSA) is 134 Å². The molecule has 3 aromatic rings. The summed E-state index contributed by atoms with van der Waals surface area (Å²) in [5.74, 6) is -1.56. The first kappa shape index (κ1) is 27.3. The number of carbonyl (C=O) groups is 3. The lowest BCUT2D eigenvalue weighted by molar-refractivity contribution is -0.157. The predicted molar refractivity (Wildman–Crippen MR) is 141 cm³/mol. The van der Waals surface area contributed by atoms with Crippen LogP contribution in [0.15, 0.2) is 49.1 Å². The molecule has 2 atom stereocenters. The number of thiophene rings is 1. The van der Waals surface area contributed by atoms with Crippen molar-refractivity contribution in [2.75, 3.05) is 13.1 Å². The van der Waals surface area contributed by atoms with Crippen molar-refractivity contribution in [2.45, 2.75) is 57.9 Å². The molecular formula is C27H32N4O6S. The van der Waals surface area contributed by atoms with E-state index < -0.39 is 17.2 Å². The molecule has 1 aliphatic heterocycles. The fourth-order valence-electron chi connectivity index (χ4n) is 4.21. The predicted octanol–water partition coefficient (Wildman–Crippen LogP) is 3.55. The highest BCUT2D eigenvalue weighted by Gasteiger charge is 2.32. The van der Waals surface area contributed by atoms with Crippen LogP contribution >= 0.6 is 11.3 Å². The van der Waals surface area contributed by atoms with Crippen LogP contribution in [0.4, 0.5) is 4.79 Å². The number of nitrogens with zero attached hydrogens (tertiary/aromatic N) is 3. The molecule has 1 aliphatic rings. The molecule has 11 heteroatoms. The number of imidazole rings is 1. The molecule has 2 aromatic heterocycles. The number of hydrogen-bond donors (Lipinski definition) is 3. The minimum absolute atomic E-state index is 0.219. The summed E-state index contributed by atoms with van der Waals surface area (Å²) in [6.45, 7) is 7.92. The van der Waals surface area contributed by atoms with E-state index >= 15 is 0 Å². The molecule has 0 radical (unpaired) electrons. The van der Waals surface area contributed by atoms with Crippen molar-refractivity contribution in [2.24, 2.45) is 0 Å². The van der Waals surface area contributed by atoms with E-state index in [0.717, 1.165) is 16.0 Å². The Morgan fingerprint density at radius 2 is 1.89 bits per heavy atom. The molecular weight excluding hydrogens is 508 g/mol. The Balaban J connectivity index is 1.45. The maximum Gasteiger partial charge on any atom is 0.410 e. The van der Waals surface area contributed by atoms with Crippen LogP contribution in [-0.2, 0) is 28.1 Å². The largest absolute Gasteiger partial charge is 0.479 e. The van der Waals surface area contributed by atoms with Gasteiger partial charge in [0.15, 0.2) is 5.60 Å². The minimum Gasteiger partial charge on any atom is -0.479 e. The summed E-state index contributed by atoms with van der Waals surface area (Å²) in [6.07, 6.45) is 5.37. The third-order valence-corrected chi connectivity index (χ3v) is 7.59. The Labute approximate surface area is 224 Å². The average molecular weight is 541 g/mol. The van der Waals surface area contributed by atoms with E-state index in [4.69, 9.17) is 4.74 Å². The first-order valence-corrected chi connectivity index (χ1v) is 13.1. The van der Waals surface area contributed by atoms with E-state index in [9.17, 15) is 24.6 Å². The van der Waals surface area contributed by atoms with Crippen LogP contribution < -0.4 is 5.32 Å². The van der Waals surface area contributed by atoms with Crippen LogP contribution in [0.2, 0.25) is 0 Å². The number of fused-ring (bicyclic) bond motifs is 1. The summed E-state index contributed by atoms with van der Waals surface area (Å²) in [5, 5.41) is 22.5. The first-order valence-electron chi connectivity index (χ1n) is 12.3. The van der Waals surface area contributed by atoms with Crippen LogP contribution in [-0.4, -0.2) is 61.3 Å². The number of ether oxygens (including phenoxy) is 1. The number of amides is 2. The second-order valence-corrected chi connectivity index (χ2v) is 11.6. The standard InChI is InChI=1S/C27H32N4O6S/c1-26(2,3)37-25(35)30-11-9-21-18(15-30)13-22(38-21)23(32)29-14-20(31-12-10-28-16-31)17-5-7-19(8-6-17)27(4,36)24(33)34/h5-8,10,12-13,16,20,36H,9,11,14-15H2,1-4H3,(H,29,32)(H,33,34). The number of carboxylic acid groups (broad SMARTS) is 1. The summed E-state index contributed by atoms with van der Waals surface area (Å²) in [7, 11) is 0. The number of hydrogen-bond acceptors (Lipinski definition) is 7. The van der Waals surface area contributed by atoms with Gasteiger partial charge < -0.3 is 29.7 Å². The number of nitrogens with one attached hydrogen (secondary N) is 1. The van der Waals surface area contributed by atoms with E-state index in [1.165, 1.54) is 18.3 Å². The lowest BCUT2D eigenvalue weighted by Gasteiger charge is -2.29. The molecule has 0 spiro atoms. The summed E-state index contributed by atoms with van der Waals surface area (Å²) in [4.78, 5) is 44.4. The first-order chi connectivity index (χ1) is 17.8. The Bertz CT molecular complexity index is 1310. The van der Waals surface area contributed by atoms with E-state index in [1.807, 2.05) is 31.4 Å². The van der Waals surface area contributed by atoms with Gasteiger partial charge in [0.05, 0.1) is 23.8 Å². The molecule has 3 N–H and O–H groups in total. The third-order valence-electron chi connectivity index (χ3n) is 6.36. The highest BCUT2D eigenvalue weighted by atomic mass is 32.1. The van der Waals surface area contributed by atoms with E-state index in [-0.39, 0.29) is 30.2 Å². The molecule has 3 heterocycles. The molecule has 38 heavy (non-hydrogen) atoms. The maximum atomic E-state index is 13.1. The number of rotatable bonds is 7. The fraction of sp³-hybridized carbons (Fsp3) is 0.407. The van der Waals surface area contributed by atoms with Gasteiger partial charge in [0.2, 0.25) is 0 Å². The van der Waals surface area contributed by atoms with Crippen LogP contribution in [0.3, 0.4) is 0 Å². The van der Waals surface area contributed by atoms with Gasteiger partial charge in [-0.25, -0.2) is 14.6 Å². The van der Waals surface area contributed by atoms with Crippen LogP contribution in [0.5, 0.6) is 0 Å².